The fourth-order valence-electron chi connectivity index (χ4n) is 5.45. The predicted octanol–water partition coefficient (Wildman–Crippen LogP) is 3.92. The summed E-state index contributed by atoms with van der Waals surface area (Å²) >= 11 is 0. The van der Waals surface area contributed by atoms with E-state index in [9.17, 15) is 9.90 Å². The van der Waals surface area contributed by atoms with E-state index in [1.54, 1.807) is 60.8 Å². The van der Waals surface area contributed by atoms with Crippen LogP contribution in [-0.2, 0) is 10.4 Å². The molecular weight excluding hydrogens is 507 g/mol. The van der Waals surface area contributed by atoms with Crippen LogP contribution in [0, 0.1) is 12.7 Å². The highest BCUT2D eigenvalue weighted by molar-refractivity contribution is 5.90. The fraction of sp³-hybridized carbons (Fsp3) is 0.194. The van der Waals surface area contributed by atoms with Crippen LogP contribution in [0.1, 0.15) is 16.8 Å². The van der Waals surface area contributed by atoms with Gasteiger partial charge in [0.15, 0.2) is 11.4 Å². The van der Waals surface area contributed by atoms with E-state index in [-0.39, 0.29) is 11.4 Å². The van der Waals surface area contributed by atoms with Gasteiger partial charge in [0.25, 0.3) is 5.91 Å². The molecule has 8 nitrogen and oxygen atoms in total. The van der Waals surface area contributed by atoms with Gasteiger partial charge in [0.1, 0.15) is 11.3 Å². The number of hydrogen-bond donors (Lipinski definition) is 2. The van der Waals surface area contributed by atoms with E-state index in [0.29, 0.717) is 46.6 Å². The summed E-state index contributed by atoms with van der Waals surface area (Å²) in [5.74, 6) is -0.364. The number of hydrogen-bond acceptors (Lipinski definition) is 6. The van der Waals surface area contributed by atoms with Crippen LogP contribution in [-0.4, -0.2) is 52.0 Å². The number of rotatable bonds is 6. The molecule has 0 spiro atoms. The van der Waals surface area contributed by atoms with Gasteiger partial charge >= 0.3 is 0 Å². The number of carbonyl (C=O) groups excluding carboxylic acids is 1. The number of halogens is 1. The van der Waals surface area contributed by atoms with Crippen LogP contribution in [0.3, 0.4) is 0 Å². The normalized spacial score (nSPS) is 15.3. The van der Waals surface area contributed by atoms with Gasteiger partial charge in [0.2, 0.25) is 0 Å². The van der Waals surface area contributed by atoms with Gasteiger partial charge in [0, 0.05) is 37.8 Å². The number of aromatic nitrogens is 3. The highest BCUT2D eigenvalue weighted by Gasteiger charge is 2.38. The van der Waals surface area contributed by atoms with Crippen LogP contribution < -0.4 is 15.5 Å². The maximum absolute atomic E-state index is 16.3. The lowest BCUT2D eigenvalue weighted by atomic mass is 9.85. The molecule has 3 aromatic carbocycles. The first-order valence-corrected chi connectivity index (χ1v) is 13.2. The van der Waals surface area contributed by atoms with Crippen molar-refractivity contribution >= 4 is 28.3 Å². The Hall–Kier alpha value is -4.76. The molecule has 1 aliphatic rings. The number of amides is 1. The SMILES string of the molecule is Cc1nn(-c2cccc(C(O)(C(N)=O)c3ccccc3)c2)c2c(F)c(N3CCN(c4ccccn4)CC3)ccc12. The lowest BCUT2D eigenvalue weighted by Crippen LogP contribution is -2.47. The first kappa shape index (κ1) is 25.5. The number of anilines is 2. The molecule has 5 aromatic rings. The molecule has 1 aliphatic heterocycles. The number of carbonyl (C=O) groups is 1. The third-order valence-electron chi connectivity index (χ3n) is 7.60. The smallest absolute Gasteiger partial charge is 0.258 e. The standard InChI is InChI=1S/C31H29FN6O2/c1-21-25-13-14-26(36-16-18-37(19-17-36)27-12-5-6-15-34-27)28(32)29(25)38(35-21)24-11-7-10-23(20-24)31(40,30(33)39)22-8-3-2-4-9-22/h2-15,20,40H,16-19H2,1H3,(H2,33,39). The van der Waals surface area contributed by atoms with E-state index in [0.717, 1.165) is 18.9 Å². The Labute approximate surface area is 231 Å². The first-order chi connectivity index (χ1) is 19.4. The zero-order valence-electron chi connectivity index (χ0n) is 22.0. The summed E-state index contributed by atoms with van der Waals surface area (Å²) in [5, 5.41) is 16.8. The predicted molar refractivity (Wildman–Crippen MR) is 153 cm³/mol. The minimum atomic E-state index is -2.06. The number of aliphatic hydroxyl groups is 1. The number of nitrogens with zero attached hydrogens (tertiary/aromatic N) is 5. The van der Waals surface area contributed by atoms with E-state index in [1.165, 1.54) is 4.68 Å². The number of piperazine rings is 1. The van der Waals surface area contributed by atoms with Crippen molar-refractivity contribution in [3.63, 3.8) is 0 Å². The lowest BCUT2D eigenvalue weighted by molar-refractivity contribution is -0.133. The van der Waals surface area contributed by atoms with E-state index >= 15 is 4.39 Å². The Morgan fingerprint density at radius 2 is 1.60 bits per heavy atom. The van der Waals surface area contributed by atoms with Gasteiger partial charge in [-0.2, -0.15) is 5.10 Å². The molecule has 6 rings (SSSR count). The van der Waals surface area contributed by atoms with Gasteiger partial charge in [-0.25, -0.2) is 14.1 Å². The number of fused-ring (bicyclic) bond motifs is 1. The molecule has 0 radical (unpaired) electrons. The topological polar surface area (TPSA) is 101 Å². The minimum Gasteiger partial charge on any atom is -0.372 e. The van der Waals surface area contributed by atoms with Crippen LogP contribution in [0.5, 0.6) is 0 Å². The van der Waals surface area contributed by atoms with Gasteiger partial charge in [-0.15, -0.1) is 0 Å². The molecule has 1 atom stereocenters. The maximum Gasteiger partial charge on any atom is 0.258 e. The molecule has 1 amide bonds. The van der Waals surface area contributed by atoms with E-state index in [4.69, 9.17) is 5.73 Å². The zero-order valence-corrected chi connectivity index (χ0v) is 22.0. The van der Waals surface area contributed by atoms with Crippen LogP contribution in [0.2, 0.25) is 0 Å². The van der Waals surface area contributed by atoms with Crippen molar-refractivity contribution in [3.05, 3.63) is 114 Å². The zero-order chi connectivity index (χ0) is 27.9. The molecule has 3 N–H and O–H groups in total. The molecule has 1 unspecified atom stereocenters. The Kier molecular flexibility index (Phi) is 6.43. The summed E-state index contributed by atoms with van der Waals surface area (Å²) in [7, 11) is 0. The van der Waals surface area contributed by atoms with Crippen molar-refractivity contribution in [3.8, 4) is 5.69 Å². The summed E-state index contributed by atoms with van der Waals surface area (Å²) in [4.78, 5) is 21.2. The van der Waals surface area contributed by atoms with Crippen LogP contribution in [0.4, 0.5) is 15.9 Å². The van der Waals surface area contributed by atoms with Crippen molar-refractivity contribution in [1.29, 1.82) is 0 Å². The average molecular weight is 537 g/mol. The number of pyridine rings is 1. The molecule has 9 heteroatoms. The fourth-order valence-corrected chi connectivity index (χ4v) is 5.45. The maximum atomic E-state index is 16.3. The molecule has 2 aromatic heterocycles. The molecule has 1 saturated heterocycles. The summed E-state index contributed by atoms with van der Waals surface area (Å²) < 4.78 is 17.8. The van der Waals surface area contributed by atoms with Crippen molar-refractivity contribution in [2.24, 2.45) is 5.73 Å². The summed E-state index contributed by atoms with van der Waals surface area (Å²) in [5.41, 5.74) is 6.27. The second-order valence-corrected chi connectivity index (χ2v) is 9.95. The summed E-state index contributed by atoms with van der Waals surface area (Å²) in [6.07, 6.45) is 1.78. The number of benzene rings is 3. The van der Waals surface area contributed by atoms with E-state index in [1.807, 2.05) is 42.2 Å². The Morgan fingerprint density at radius 3 is 2.30 bits per heavy atom. The highest BCUT2D eigenvalue weighted by atomic mass is 19.1. The monoisotopic (exact) mass is 536 g/mol. The van der Waals surface area contributed by atoms with E-state index < -0.39 is 11.5 Å². The Balaban J connectivity index is 1.38. The number of aryl methyl sites for hydroxylation is 1. The molecule has 0 saturated carbocycles. The summed E-state index contributed by atoms with van der Waals surface area (Å²) in [6, 6.07) is 24.8. The Morgan fingerprint density at radius 1 is 0.900 bits per heavy atom. The van der Waals surface area contributed by atoms with Gasteiger partial charge in [-0.1, -0.05) is 48.5 Å². The molecule has 40 heavy (non-hydrogen) atoms. The molecule has 202 valence electrons. The molecule has 0 bridgehead atoms. The number of nitrogens with two attached hydrogens (primary N) is 1. The Bertz CT molecular complexity index is 1680. The van der Waals surface area contributed by atoms with Crippen molar-refractivity contribution in [2.75, 3.05) is 36.0 Å². The van der Waals surface area contributed by atoms with Crippen LogP contribution in [0.15, 0.2) is 91.1 Å². The highest BCUT2D eigenvalue weighted by Crippen LogP contribution is 2.34. The van der Waals surface area contributed by atoms with Crippen molar-refractivity contribution < 1.29 is 14.3 Å². The van der Waals surface area contributed by atoms with E-state index in [2.05, 4.69) is 15.0 Å². The van der Waals surface area contributed by atoms with Crippen LogP contribution >= 0.6 is 0 Å². The third-order valence-corrected chi connectivity index (χ3v) is 7.60. The summed E-state index contributed by atoms with van der Waals surface area (Å²) in [6.45, 7) is 4.56. The van der Waals surface area contributed by atoms with Gasteiger partial charge < -0.3 is 20.6 Å². The molecule has 3 heterocycles. The van der Waals surface area contributed by atoms with Gasteiger partial charge in [-0.3, -0.25) is 4.79 Å². The largest absolute Gasteiger partial charge is 0.372 e. The quantitative estimate of drug-likeness (QED) is 0.341. The number of primary amides is 1. The second kappa shape index (κ2) is 10.1. The van der Waals surface area contributed by atoms with Gasteiger partial charge in [0.05, 0.1) is 17.1 Å². The van der Waals surface area contributed by atoms with Crippen molar-refractivity contribution in [2.45, 2.75) is 12.5 Å². The van der Waals surface area contributed by atoms with Crippen molar-refractivity contribution in [1.82, 2.24) is 14.8 Å². The molecular formula is C31H29FN6O2. The minimum absolute atomic E-state index is 0.271. The third kappa shape index (κ3) is 4.24. The molecule has 1 fully saturated rings. The first-order valence-electron chi connectivity index (χ1n) is 13.2. The van der Waals surface area contributed by atoms with Gasteiger partial charge in [-0.05, 0) is 54.4 Å². The lowest BCUT2D eigenvalue weighted by Gasteiger charge is -2.36. The second-order valence-electron chi connectivity index (χ2n) is 9.95. The molecule has 0 aliphatic carbocycles. The average Bonchev–Trinajstić information content (AvgIpc) is 3.35. The van der Waals surface area contributed by atoms with Crippen LogP contribution in [0.25, 0.3) is 16.6 Å².